The van der Waals surface area contributed by atoms with Crippen molar-refractivity contribution in [2.24, 2.45) is 5.41 Å². The van der Waals surface area contributed by atoms with Gasteiger partial charge in [-0.15, -0.1) is 11.8 Å². The molecule has 1 saturated heterocycles. The molecule has 2 atom stereocenters. The van der Waals surface area contributed by atoms with Gasteiger partial charge in [0.1, 0.15) is 11.9 Å². The summed E-state index contributed by atoms with van der Waals surface area (Å²) < 4.78 is 21.2. The van der Waals surface area contributed by atoms with Crippen LogP contribution in [0.25, 0.3) is 10.9 Å². The highest BCUT2D eigenvalue weighted by Gasteiger charge is 2.39. The van der Waals surface area contributed by atoms with Gasteiger partial charge in [0, 0.05) is 22.0 Å². The van der Waals surface area contributed by atoms with E-state index >= 15 is 4.39 Å². The van der Waals surface area contributed by atoms with Crippen LogP contribution >= 0.6 is 23.4 Å². The summed E-state index contributed by atoms with van der Waals surface area (Å²) in [5, 5.41) is 15.7. The fraction of sp³-hybridized carbons (Fsp3) is 0.483. The van der Waals surface area contributed by atoms with Crippen LogP contribution in [0.3, 0.4) is 0 Å². The number of rotatable bonds is 11. The summed E-state index contributed by atoms with van der Waals surface area (Å²) in [7, 11) is 1.59. The van der Waals surface area contributed by atoms with Gasteiger partial charge >= 0.3 is 0 Å². The Morgan fingerprint density at radius 1 is 1.19 bits per heavy atom. The van der Waals surface area contributed by atoms with Crippen LogP contribution in [0, 0.1) is 12.3 Å². The number of nitrogens with one attached hydrogen (secondary N) is 1. The van der Waals surface area contributed by atoms with Gasteiger partial charge in [-0.25, -0.2) is 4.39 Å². The molecule has 1 fully saturated rings. The molecule has 7 heteroatoms. The van der Waals surface area contributed by atoms with Gasteiger partial charge in [-0.2, -0.15) is 0 Å². The first kappa shape index (κ1) is 27.2. The number of ether oxygens (including phenoxy) is 1. The molecule has 0 aliphatic carbocycles. The summed E-state index contributed by atoms with van der Waals surface area (Å²) >= 11 is 8.28. The Labute approximate surface area is 223 Å². The third-order valence-electron chi connectivity index (χ3n) is 7.46. The van der Waals surface area contributed by atoms with Crippen LogP contribution in [-0.2, 0) is 0 Å². The molecule has 2 aromatic carbocycles. The van der Waals surface area contributed by atoms with E-state index in [4.69, 9.17) is 16.3 Å². The second-order valence-electron chi connectivity index (χ2n) is 9.84. The zero-order valence-corrected chi connectivity index (χ0v) is 22.7. The molecule has 194 valence electrons. The smallest absolute Gasteiger partial charge is 0.127 e. The molecule has 2 heterocycles. The first-order valence-electron chi connectivity index (χ1n) is 12.8. The molecule has 36 heavy (non-hydrogen) atoms. The fourth-order valence-electron chi connectivity index (χ4n) is 5.32. The molecule has 1 aliphatic heterocycles. The summed E-state index contributed by atoms with van der Waals surface area (Å²) in [6.45, 7) is 3.80. The monoisotopic (exact) mass is 530 g/mol. The van der Waals surface area contributed by atoms with Crippen molar-refractivity contribution < 1.29 is 14.2 Å². The number of nitrogens with zero attached hydrogens (tertiary/aromatic N) is 1. The largest absolute Gasteiger partial charge is 0.497 e. The van der Waals surface area contributed by atoms with Crippen LogP contribution in [0.15, 0.2) is 53.6 Å². The van der Waals surface area contributed by atoms with Gasteiger partial charge in [0.25, 0.3) is 0 Å². The Morgan fingerprint density at radius 2 is 2.00 bits per heavy atom. The molecule has 4 rings (SSSR count). The molecule has 3 aromatic rings. The highest BCUT2D eigenvalue weighted by molar-refractivity contribution is 7.99. The quantitative estimate of drug-likeness (QED) is 0.201. The summed E-state index contributed by atoms with van der Waals surface area (Å²) in [6.07, 6.45) is 4.12. The van der Waals surface area contributed by atoms with Crippen molar-refractivity contribution in [3.8, 4) is 5.75 Å². The number of hydrogen-bond donors (Lipinski definition) is 2. The van der Waals surface area contributed by atoms with Gasteiger partial charge in [0.15, 0.2) is 0 Å². The number of hydrogen-bond acceptors (Lipinski definition) is 5. The van der Waals surface area contributed by atoms with Gasteiger partial charge in [-0.3, -0.25) is 4.98 Å². The average Bonchev–Trinajstić information content (AvgIpc) is 2.89. The van der Waals surface area contributed by atoms with E-state index in [0.717, 1.165) is 44.5 Å². The van der Waals surface area contributed by atoms with E-state index < -0.39 is 12.3 Å². The second kappa shape index (κ2) is 12.6. The summed E-state index contributed by atoms with van der Waals surface area (Å²) in [4.78, 5) is 5.62. The van der Waals surface area contributed by atoms with Crippen LogP contribution in [0.5, 0.6) is 5.75 Å². The molecule has 1 aliphatic rings. The molecular weight excluding hydrogens is 495 g/mol. The van der Waals surface area contributed by atoms with Crippen LogP contribution < -0.4 is 10.1 Å². The number of pyridine rings is 1. The minimum absolute atomic E-state index is 0.281. The molecule has 0 unspecified atom stereocenters. The normalized spacial score (nSPS) is 17.1. The highest BCUT2D eigenvalue weighted by atomic mass is 35.5. The molecule has 0 bridgehead atoms. The highest BCUT2D eigenvalue weighted by Crippen LogP contribution is 2.44. The van der Waals surface area contributed by atoms with E-state index in [1.807, 2.05) is 23.9 Å². The van der Waals surface area contributed by atoms with E-state index in [1.165, 1.54) is 16.7 Å². The lowest BCUT2D eigenvalue weighted by molar-refractivity contribution is -0.0162. The van der Waals surface area contributed by atoms with Crippen molar-refractivity contribution in [2.75, 3.05) is 26.0 Å². The number of thioether (sulfide) groups is 1. The Hall–Kier alpha value is -1.86. The minimum atomic E-state index is -1.24. The molecule has 0 radical (unpaired) electrons. The Bertz CT molecular complexity index is 1160. The van der Waals surface area contributed by atoms with Gasteiger partial charge in [-0.1, -0.05) is 29.3 Å². The third-order valence-corrected chi connectivity index (χ3v) is 8.84. The first-order valence-corrected chi connectivity index (χ1v) is 14.1. The number of benzene rings is 2. The van der Waals surface area contributed by atoms with Gasteiger partial charge < -0.3 is 15.2 Å². The number of methoxy groups -OCH3 is 1. The number of aromatic nitrogens is 1. The van der Waals surface area contributed by atoms with E-state index in [-0.39, 0.29) is 5.41 Å². The van der Waals surface area contributed by atoms with E-state index in [2.05, 4.69) is 41.5 Å². The van der Waals surface area contributed by atoms with Crippen molar-refractivity contribution in [2.45, 2.75) is 62.6 Å². The van der Waals surface area contributed by atoms with Crippen molar-refractivity contribution in [1.29, 1.82) is 0 Å². The van der Waals surface area contributed by atoms with Crippen LogP contribution in [0.2, 0.25) is 5.02 Å². The lowest BCUT2D eigenvalue weighted by atomic mass is 9.69. The summed E-state index contributed by atoms with van der Waals surface area (Å²) in [5.41, 5.74) is 2.14. The summed E-state index contributed by atoms with van der Waals surface area (Å²) in [6, 6.07) is 14.0. The van der Waals surface area contributed by atoms with Crippen LogP contribution in [0.1, 0.15) is 55.8 Å². The van der Waals surface area contributed by atoms with Crippen LogP contribution in [-0.4, -0.2) is 42.1 Å². The topological polar surface area (TPSA) is 54.4 Å². The van der Waals surface area contributed by atoms with Crippen molar-refractivity contribution in [3.63, 3.8) is 0 Å². The number of halogens is 2. The number of alkyl halides is 1. The zero-order valence-electron chi connectivity index (χ0n) is 21.1. The standard InChI is InChI=1S/C29H36ClFN2O2S/c1-20-5-3-6-22(17-20)36-16-4-7-27(34)29(12-14-32-15-13-29)11-10-25(31)28-23-18-21(35-2)8-9-26(23)33-19-24(28)30/h3,5-6,8-9,17-19,25,27,32,34H,4,7,10-16H2,1-2H3/t25-,27+/m1/s1. The van der Waals surface area contributed by atoms with Crippen LogP contribution in [0.4, 0.5) is 4.39 Å². The number of aliphatic hydroxyl groups excluding tert-OH is 1. The Balaban J connectivity index is 1.42. The van der Waals surface area contributed by atoms with E-state index in [1.54, 1.807) is 13.2 Å². The number of aryl methyl sites for hydroxylation is 1. The maximum absolute atomic E-state index is 15.8. The maximum atomic E-state index is 15.8. The summed E-state index contributed by atoms with van der Waals surface area (Å²) in [5.74, 6) is 1.61. The minimum Gasteiger partial charge on any atom is -0.497 e. The predicted octanol–water partition coefficient (Wildman–Crippen LogP) is 7.30. The predicted molar refractivity (Wildman–Crippen MR) is 148 cm³/mol. The molecule has 2 N–H and O–H groups in total. The zero-order chi connectivity index (χ0) is 25.5. The van der Waals surface area contributed by atoms with Crippen molar-refractivity contribution in [1.82, 2.24) is 10.3 Å². The fourth-order valence-corrected chi connectivity index (χ4v) is 6.58. The Kier molecular flexibility index (Phi) is 9.51. The van der Waals surface area contributed by atoms with E-state index in [9.17, 15) is 5.11 Å². The SMILES string of the molecule is COc1ccc2ncc(Cl)c([C@H](F)CCC3([C@@H](O)CCCSc4cccc(C)c4)CCNCC3)c2c1. The lowest BCUT2D eigenvalue weighted by Gasteiger charge is -2.42. The molecular formula is C29H36ClFN2O2S. The van der Waals surface area contributed by atoms with E-state index in [0.29, 0.717) is 40.1 Å². The third kappa shape index (κ3) is 6.52. The van der Waals surface area contributed by atoms with Gasteiger partial charge in [0.05, 0.1) is 23.8 Å². The first-order chi connectivity index (χ1) is 17.4. The lowest BCUT2D eigenvalue weighted by Crippen LogP contribution is -2.44. The molecule has 0 spiro atoms. The Morgan fingerprint density at radius 3 is 2.75 bits per heavy atom. The van der Waals surface area contributed by atoms with Crippen molar-refractivity contribution >= 4 is 34.3 Å². The molecule has 0 saturated carbocycles. The van der Waals surface area contributed by atoms with Gasteiger partial charge in [-0.05, 0) is 100 Å². The number of fused-ring (bicyclic) bond motifs is 1. The number of aliphatic hydroxyl groups is 1. The molecule has 0 amide bonds. The molecule has 1 aromatic heterocycles. The number of piperidine rings is 1. The molecule has 4 nitrogen and oxygen atoms in total. The maximum Gasteiger partial charge on any atom is 0.127 e. The second-order valence-corrected chi connectivity index (χ2v) is 11.4. The van der Waals surface area contributed by atoms with Gasteiger partial charge in [0.2, 0.25) is 0 Å². The van der Waals surface area contributed by atoms with Crippen molar-refractivity contribution in [3.05, 3.63) is 64.8 Å². The average molecular weight is 531 g/mol.